The number of aromatic nitrogens is 2. The highest BCUT2D eigenvalue weighted by Gasteiger charge is 2.14. The Balaban J connectivity index is 1.68. The number of hydrogen-bond donors (Lipinski definition) is 1. The number of hydrogen-bond acceptors (Lipinski definition) is 4. The number of carbonyl (C=O) groups is 1. The van der Waals surface area contributed by atoms with Crippen molar-refractivity contribution in [3.8, 4) is 0 Å². The zero-order chi connectivity index (χ0) is 17.1. The van der Waals surface area contributed by atoms with E-state index in [9.17, 15) is 13.6 Å². The van der Waals surface area contributed by atoms with Crippen molar-refractivity contribution < 1.29 is 18.0 Å². The summed E-state index contributed by atoms with van der Waals surface area (Å²) in [4.78, 5) is 12.0. The Morgan fingerprint density at radius 1 is 1.08 bits per heavy atom. The lowest BCUT2D eigenvalue weighted by molar-refractivity contribution is 0.102. The van der Waals surface area contributed by atoms with Crippen molar-refractivity contribution in [2.24, 2.45) is 0 Å². The number of halogens is 2. The van der Waals surface area contributed by atoms with Crippen molar-refractivity contribution in [3.05, 3.63) is 76.7 Å². The fourth-order valence-corrected chi connectivity index (χ4v) is 2.06. The van der Waals surface area contributed by atoms with Crippen molar-refractivity contribution in [1.82, 2.24) is 10.2 Å². The first-order valence-corrected chi connectivity index (χ1v) is 7.15. The van der Waals surface area contributed by atoms with E-state index in [1.165, 1.54) is 0 Å². The van der Waals surface area contributed by atoms with Gasteiger partial charge in [-0.1, -0.05) is 34.9 Å². The van der Waals surface area contributed by atoms with E-state index in [4.69, 9.17) is 4.42 Å². The number of benzene rings is 2. The molecule has 2 aromatic carbocycles. The summed E-state index contributed by atoms with van der Waals surface area (Å²) in [5.74, 6) is -2.46. The molecule has 1 aromatic heterocycles. The average Bonchev–Trinajstić information content (AvgIpc) is 2.99. The third-order valence-electron chi connectivity index (χ3n) is 3.35. The minimum Gasteiger partial charge on any atom is -0.407 e. The molecule has 0 aliphatic rings. The Kier molecular flexibility index (Phi) is 4.33. The minimum atomic E-state index is -1.10. The Morgan fingerprint density at radius 2 is 1.83 bits per heavy atom. The van der Waals surface area contributed by atoms with E-state index < -0.39 is 17.5 Å². The third kappa shape index (κ3) is 3.62. The SMILES string of the molecule is Cc1ccc(Cc2nnc(NC(=O)c3ccc(F)c(F)c3)o2)cc1. The van der Waals surface area contributed by atoms with Crippen LogP contribution in [0.5, 0.6) is 0 Å². The van der Waals surface area contributed by atoms with E-state index in [2.05, 4.69) is 15.5 Å². The zero-order valence-electron chi connectivity index (χ0n) is 12.7. The molecule has 0 aliphatic carbocycles. The van der Waals surface area contributed by atoms with Gasteiger partial charge in [-0.15, -0.1) is 5.10 Å². The largest absolute Gasteiger partial charge is 0.407 e. The third-order valence-corrected chi connectivity index (χ3v) is 3.35. The summed E-state index contributed by atoms with van der Waals surface area (Å²) < 4.78 is 31.4. The monoisotopic (exact) mass is 329 g/mol. The molecule has 0 bridgehead atoms. The quantitative estimate of drug-likeness (QED) is 0.795. The maximum Gasteiger partial charge on any atom is 0.322 e. The van der Waals surface area contributed by atoms with E-state index in [0.717, 1.165) is 29.3 Å². The molecule has 0 atom stereocenters. The molecule has 1 N–H and O–H groups in total. The van der Waals surface area contributed by atoms with Crippen LogP contribution in [0.3, 0.4) is 0 Å². The average molecular weight is 329 g/mol. The van der Waals surface area contributed by atoms with Crippen LogP contribution in [0.15, 0.2) is 46.9 Å². The van der Waals surface area contributed by atoms with Crippen LogP contribution in [0.1, 0.15) is 27.4 Å². The normalized spacial score (nSPS) is 10.6. The topological polar surface area (TPSA) is 68.0 Å². The zero-order valence-corrected chi connectivity index (χ0v) is 12.7. The summed E-state index contributed by atoms with van der Waals surface area (Å²) in [5, 5.41) is 9.92. The van der Waals surface area contributed by atoms with Crippen molar-refractivity contribution in [2.45, 2.75) is 13.3 Å². The second-order valence-corrected chi connectivity index (χ2v) is 5.25. The van der Waals surface area contributed by atoms with Crippen LogP contribution in [0.25, 0.3) is 0 Å². The standard InChI is InChI=1S/C17H13F2N3O2/c1-10-2-4-11(5-3-10)8-15-21-22-17(24-15)20-16(23)12-6-7-13(18)14(19)9-12/h2-7,9H,8H2,1H3,(H,20,22,23). The molecule has 0 saturated heterocycles. The minimum absolute atomic E-state index is 0.0489. The van der Waals surface area contributed by atoms with E-state index in [-0.39, 0.29) is 11.6 Å². The smallest absolute Gasteiger partial charge is 0.322 e. The van der Waals surface area contributed by atoms with E-state index >= 15 is 0 Å². The van der Waals surface area contributed by atoms with Gasteiger partial charge >= 0.3 is 6.01 Å². The lowest BCUT2D eigenvalue weighted by Crippen LogP contribution is -2.12. The molecule has 1 heterocycles. The second-order valence-electron chi connectivity index (χ2n) is 5.25. The highest BCUT2D eigenvalue weighted by Crippen LogP contribution is 2.14. The molecule has 0 unspecified atom stereocenters. The molecule has 7 heteroatoms. The van der Waals surface area contributed by atoms with Crippen LogP contribution in [0, 0.1) is 18.6 Å². The Hall–Kier alpha value is -3.09. The van der Waals surface area contributed by atoms with E-state index in [1.807, 2.05) is 31.2 Å². The lowest BCUT2D eigenvalue weighted by atomic mass is 10.1. The molecule has 3 aromatic rings. The molecular weight excluding hydrogens is 316 g/mol. The first kappa shape index (κ1) is 15.8. The van der Waals surface area contributed by atoms with Crippen molar-refractivity contribution in [3.63, 3.8) is 0 Å². The van der Waals surface area contributed by atoms with Crippen LogP contribution in [-0.2, 0) is 6.42 Å². The molecule has 0 saturated carbocycles. The van der Waals surface area contributed by atoms with Gasteiger partial charge < -0.3 is 4.42 Å². The number of carbonyl (C=O) groups excluding carboxylic acids is 1. The van der Waals surface area contributed by atoms with Crippen LogP contribution in [0.4, 0.5) is 14.8 Å². The summed E-state index contributed by atoms with van der Waals surface area (Å²) >= 11 is 0. The Labute approximate surface area is 136 Å². The first-order valence-electron chi connectivity index (χ1n) is 7.15. The summed E-state index contributed by atoms with van der Waals surface area (Å²) in [6.45, 7) is 1.99. The van der Waals surface area contributed by atoms with E-state index in [0.29, 0.717) is 12.3 Å². The predicted molar refractivity (Wildman–Crippen MR) is 82.6 cm³/mol. The van der Waals surface area contributed by atoms with Gasteiger partial charge in [0, 0.05) is 5.56 Å². The van der Waals surface area contributed by atoms with Crippen LogP contribution in [-0.4, -0.2) is 16.1 Å². The highest BCUT2D eigenvalue weighted by atomic mass is 19.2. The predicted octanol–water partition coefficient (Wildman–Crippen LogP) is 3.50. The molecule has 122 valence electrons. The molecule has 1 amide bonds. The summed E-state index contributed by atoms with van der Waals surface area (Å²) in [6, 6.07) is 10.6. The number of nitrogens with one attached hydrogen (secondary N) is 1. The van der Waals surface area contributed by atoms with Crippen LogP contribution in [0.2, 0.25) is 0 Å². The van der Waals surface area contributed by atoms with Crippen molar-refractivity contribution in [1.29, 1.82) is 0 Å². The molecule has 5 nitrogen and oxygen atoms in total. The van der Waals surface area contributed by atoms with Gasteiger partial charge in [0.05, 0.1) is 6.42 Å². The molecule has 0 radical (unpaired) electrons. The van der Waals surface area contributed by atoms with Gasteiger partial charge in [-0.25, -0.2) is 8.78 Å². The summed E-state index contributed by atoms with van der Waals surface area (Å²) in [7, 11) is 0. The van der Waals surface area contributed by atoms with Gasteiger partial charge in [0.15, 0.2) is 11.6 Å². The number of amides is 1. The van der Waals surface area contributed by atoms with Crippen molar-refractivity contribution >= 4 is 11.9 Å². The Bertz CT molecular complexity index is 876. The number of rotatable bonds is 4. The molecular formula is C17H13F2N3O2. The van der Waals surface area contributed by atoms with Gasteiger partial charge in [-0.05, 0) is 30.7 Å². The van der Waals surface area contributed by atoms with Gasteiger partial charge in [0.1, 0.15) is 0 Å². The van der Waals surface area contributed by atoms with Gasteiger partial charge in [-0.3, -0.25) is 10.1 Å². The van der Waals surface area contributed by atoms with Crippen molar-refractivity contribution in [2.75, 3.05) is 5.32 Å². The van der Waals surface area contributed by atoms with Crippen LogP contribution < -0.4 is 5.32 Å². The summed E-state index contributed by atoms with van der Waals surface area (Å²) in [5.41, 5.74) is 2.08. The van der Waals surface area contributed by atoms with Crippen LogP contribution >= 0.6 is 0 Å². The maximum atomic E-state index is 13.1. The molecule has 0 fully saturated rings. The molecule has 3 rings (SSSR count). The fraction of sp³-hybridized carbons (Fsp3) is 0.118. The number of nitrogens with zero attached hydrogens (tertiary/aromatic N) is 2. The first-order chi connectivity index (χ1) is 11.5. The lowest BCUT2D eigenvalue weighted by Gasteiger charge is -2.01. The molecule has 0 aliphatic heterocycles. The second kappa shape index (κ2) is 6.57. The number of aryl methyl sites for hydroxylation is 1. The Morgan fingerprint density at radius 3 is 2.54 bits per heavy atom. The van der Waals surface area contributed by atoms with Gasteiger partial charge in [0.2, 0.25) is 5.89 Å². The molecule has 24 heavy (non-hydrogen) atoms. The summed E-state index contributed by atoms with van der Waals surface area (Å²) in [6.07, 6.45) is 0.425. The molecule has 0 spiro atoms. The van der Waals surface area contributed by atoms with E-state index in [1.54, 1.807) is 0 Å². The fourth-order valence-electron chi connectivity index (χ4n) is 2.06. The van der Waals surface area contributed by atoms with Gasteiger partial charge in [-0.2, -0.15) is 0 Å². The highest BCUT2D eigenvalue weighted by molar-refractivity contribution is 6.03. The van der Waals surface area contributed by atoms with Gasteiger partial charge in [0.25, 0.3) is 5.91 Å². The maximum absolute atomic E-state index is 13.1. The number of anilines is 1.